The van der Waals surface area contributed by atoms with Gasteiger partial charge in [0, 0.05) is 6.04 Å². The summed E-state index contributed by atoms with van der Waals surface area (Å²) in [5.74, 6) is 0. The van der Waals surface area contributed by atoms with E-state index in [1.807, 2.05) is 13.8 Å². The largest absolute Gasteiger partial charge is 0.465 e. The fraction of sp³-hybridized carbons (Fsp3) is 0.682. The van der Waals surface area contributed by atoms with Gasteiger partial charge >= 0.3 is 6.09 Å². The lowest BCUT2D eigenvalue weighted by Gasteiger charge is -2.20. The van der Waals surface area contributed by atoms with Gasteiger partial charge in [0.15, 0.2) is 0 Å². The van der Waals surface area contributed by atoms with Gasteiger partial charge in [0.05, 0.1) is 0 Å². The lowest BCUT2D eigenvalue weighted by molar-refractivity contribution is 0.186. The molecular formula is C22H39NO2. The fourth-order valence-electron chi connectivity index (χ4n) is 3.05. The SMILES string of the molecule is CC.CCCCCCc1ccccc1C.O=C(O)NC1CCCCC1. The summed E-state index contributed by atoms with van der Waals surface area (Å²) in [4.78, 5) is 10.2. The summed E-state index contributed by atoms with van der Waals surface area (Å²) >= 11 is 0. The number of rotatable bonds is 6. The van der Waals surface area contributed by atoms with E-state index >= 15 is 0 Å². The molecule has 2 N–H and O–H groups in total. The molecule has 1 aliphatic rings. The van der Waals surface area contributed by atoms with Crippen LogP contribution in [0.4, 0.5) is 4.79 Å². The van der Waals surface area contributed by atoms with Gasteiger partial charge in [-0.2, -0.15) is 0 Å². The van der Waals surface area contributed by atoms with Crippen LogP contribution in [0.1, 0.15) is 89.7 Å². The van der Waals surface area contributed by atoms with Crippen molar-refractivity contribution in [3.05, 3.63) is 35.4 Å². The molecule has 1 aromatic carbocycles. The second-order valence-electron chi connectivity index (χ2n) is 6.52. The summed E-state index contributed by atoms with van der Waals surface area (Å²) in [6.45, 7) is 8.46. The minimum absolute atomic E-state index is 0.228. The molecule has 0 unspecified atom stereocenters. The van der Waals surface area contributed by atoms with Gasteiger partial charge in [0.2, 0.25) is 0 Å². The molecule has 0 heterocycles. The topological polar surface area (TPSA) is 49.3 Å². The van der Waals surface area contributed by atoms with Crippen LogP contribution in [-0.2, 0) is 6.42 Å². The molecule has 1 amide bonds. The third-order valence-electron chi connectivity index (χ3n) is 4.49. The first-order valence-electron chi connectivity index (χ1n) is 10.2. The molecule has 0 bridgehead atoms. The summed E-state index contributed by atoms with van der Waals surface area (Å²) in [6.07, 6.45) is 11.5. The van der Waals surface area contributed by atoms with E-state index < -0.39 is 6.09 Å². The third kappa shape index (κ3) is 12.5. The van der Waals surface area contributed by atoms with Crippen molar-refractivity contribution in [2.75, 3.05) is 0 Å². The van der Waals surface area contributed by atoms with Crippen LogP contribution in [0.2, 0.25) is 0 Å². The van der Waals surface area contributed by atoms with Crippen molar-refractivity contribution in [3.63, 3.8) is 0 Å². The number of amides is 1. The van der Waals surface area contributed by atoms with Gasteiger partial charge in [0.1, 0.15) is 0 Å². The lowest BCUT2D eigenvalue weighted by atomic mass is 9.96. The van der Waals surface area contributed by atoms with E-state index in [0.717, 1.165) is 12.8 Å². The van der Waals surface area contributed by atoms with E-state index in [0.29, 0.717) is 0 Å². The molecule has 3 nitrogen and oxygen atoms in total. The number of hydrogen-bond acceptors (Lipinski definition) is 1. The van der Waals surface area contributed by atoms with Crippen LogP contribution >= 0.6 is 0 Å². The second kappa shape index (κ2) is 16.0. The smallest absolute Gasteiger partial charge is 0.404 e. The number of hydrogen-bond donors (Lipinski definition) is 2. The summed E-state index contributed by atoms with van der Waals surface area (Å²) in [7, 11) is 0. The molecule has 0 saturated heterocycles. The maximum atomic E-state index is 10.2. The molecule has 0 spiro atoms. The number of aryl methyl sites for hydroxylation is 2. The zero-order valence-corrected chi connectivity index (χ0v) is 16.8. The van der Waals surface area contributed by atoms with E-state index in [1.165, 1.54) is 62.5 Å². The van der Waals surface area contributed by atoms with Crippen molar-refractivity contribution in [2.45, 2.75) is 97.9 Å². The highest BCUT2D eigenvalue weighted by Crippen LogP contribution is 2.17. The first-order chi connectivity index (χ1) is 12.1. The standard InChI is InChI=1S/C13H20.C7H13NO2.C2H6/c1-3-4-5-6-10-13-11-8-7-9-12(13)2;9-7(10)8-6-4-2-1-3-5-6;1-2/h7-9,11H,3-6,10H2,1-2H3;6,8H,1-5H2,(H,9,10);1-2H3. The Morgan fingerprint density at radius 3 is 2.28 bits per heavy atom. The molecule has 1 saturated carbocycles. The lowest BCUT2D eigenvalue weighted by Crippen LogP contribution is -2.34. The molecule has 25 heavy (non-hydrogen) atoms. The quantitative estimate of drug-likeness (QED) is 0.559. The zero-order chi connectivity index (χ0) is 18.9. The normalized spacial score (nSPS) is 13.8. The van der Waals surface area contributed by atoms with Crippen LogP contribution < -0.4 is 5.32 Å². The van der Waals surface area contributed by atoms with E-state index in [1.54, 1.807) is 0 Å². The van der Waals surface area contributed by atoms with Gasteiger partial charge in [-0.25, -0.2) is 4.79 Å². The van der Waals surface area contributed by atoms with Crippen LogP contribution in [0.3, 0.4) is 0 Å². The van der Waals surface area contributed by atoms with E-state index in [9.17, 15) is 4.79 Å². The van der Waals surface area contributed by atoms with Crippen molar-refractivity contribution in [1.82, 2.24) is 5.32 Å². The molecule has 1 aliphatic carbocycles. The van der Waals surface area contributed by atoms with E-state index in [2.05, 4.69) is 43.4 Å². The highest BCUT2D eigenvalue weighted by atomic mass is 16.4. The molecule has 3 heteroatoms. The van der Waals surface area contributed by atoms with Crippen LogP contribution in [0.5, 0.6) is 0 Å². The Balaban J connectivity index is 0.000000430. The van der Waals surface area contributed by atoms with Crippen molar-refractivity contribution >= 4 is 6.09 Å². The van der Waals surface area contributed by atoms with Gasteiger partial charge < -0.3 is 10.4 Å². The number of benzene rings is 1. The summed E-state index contributed by atoms with van der Waals surface area (Å²) in [6, 6.07) is 8.94. The van der Waals surface area contributed by atoms with Crippen molar-refractivity contribution in [3.8, 4) is 0 Å². The van der Waals surface area contributed by atoms with Gasteiger partial charge in [-0.15, -0.1) is 0 Å². The Labute approximate surface area is 155 Å². The molecule has 0 radical (unpaired) electrons. The number of carbonyl (C=O) groups is 1. The van der Waals surface area contributed by atoms with E-state index in [4.69, 9.17) is 5.11 Å². The third-order valence-corrected chi connectivity index (χ3v) is 4.49. The Morgan fingerprint density at radius 1 is 1.08 bits per heavy atom. The number of nitrogens with one attached hydrogen (secondary N) is 1. The van der Waals surface area contributed by atoms with Crippen molar-refractivity contribution in [2.24, 2.45) is 0 Å². The van der Waals surface area contributed by atoms with Crippen LogP contribution in [0, 0.1) is 6.92 Å². The summed E-state index contributed by atoms with van der Waals surface area (Å²) in [5, 5.41) is 10.9. The fourth-order valence-corrected chi connectivity index (χ4v) is 3.05. The van der Waals surface area contributed by atoms with Gasteiger partial charge in [-0.1, -0.05) is 83.6 Å². The molecule has 0 atom stereocenters. The molecule has 1 fully saturated rings. The average Bonchev–Trinajstić information content (AvgIpc) is 2.63. The van der Waals surface area contributed by atoms with Crippen molar-refractivity contribution < 1.29 is 9.90 Å². The zero-order valence-electron chi connectivity index (χ0n) is 16.8. The Bertz CT molecular complexity index is 439. The maximum absolute atomic E-state index is 10.2. The molecular weight excluding hydrogens is 310 g/mol. The number of carboxylic acid groups (broad SMARTS) is 1. The van der Waals surface area contributed by atoms with Gasteiger partial charge in [0.25, 0.3) is 0 Å². The van der Waals surface area contributed by atoms with Crippen molar-refractivity contribution in [1.29, 1.82) is 0 Å². The van der Waals surface area contributed by atoms with Crippen LogP contribution in [0.25, 0.3) is 0 Å². The summed E-state index contributed by atoms with van der Waals surface area (Å²) in [5.41, 5.74) is 2.97. The first kappa shape index (κ1) is 23.5. The minimum Gasteiger partial charge on any atom is -0.465 e. The Morgan fingerprint density at radius 2 is 1.72 bits per heavy atom. The van der Waals surface area contributed by atoms with Gasteiger partial charge in [-0.3, -0.25) is 0 Å². The predicted octanol–water partition coefficient (Wildman–Crippen LogP) is 6.73. The van der Waals surface area contributed by atoms with Crippen LogP contribution in [-0.4, -0.2) is 17.2 Å². The molecule has 144 valence electrons. The molecule has 0 aromatic heterocycles. The molecule has 0 aliphatic heterocycles. The van der Waals surface area contributed by atoms with E-state index in [-0.39, 0.29) is 6.04 Å². The highest BCUT2D eigenvalue weighted by molar-refractivity contribution is 5.64. The molecule has 1 aromatic rings. The Kier molecular flexibility index (Phi) is 15.0. The van der Waals surface area contributed by atoms with Gasteiger partial charge in [-0.05, 0) is 43.7 Å². The average molecular weight is 350 g/mol. The minimum atomic E-state index is -0.882. The Hall–Kier alpha value is -1.51. The molecule has 2 rings (SSSR count). The summed E-state index contributed by atoms with van der Waals surface area (Å²) < 4.78 is 0. The highest BCUT2D eigenvalue weighted by Gasteiger charge is 2.14. The van der Waals surface area contributed by atoms with Crippen LogP contribution in [0.15, 0.2) is 24.3 Å². The number of unbranched alkanes of at least 4 members (excludes halogenated alkanes) is 3. The second-order valence-corrected chi connectivity index (χ2v) is 6.52. The monoisotopic (exact) mass is 349 g/mol. The maximum Gasteiger partial charge on any atom is 0.404 e. The predicted molar refractivity (Wildman–Crippen MR) is 108 cm³/mol. The first-order valence-corrected chi connectivity index (χ1v) is 10.2.